The van der Waals surface area contributed by atoms with E-state index in [2.05, 4.69) is 10.3 Å². The van der Waals surface area contributed by atoms with Crippen LogP contribution in [0.1, 0.15) is 39.4 Å². The number of ketones is 1. The summed E-state index contributed by atoms with van der Waals surface area (Å²) in [5.41, 5.74) is 1.94. The van der Waals surface area contributed by atoms with E-state index in [-0.39, 0.29) is 21.4 Å². The Kier molecular flexibility index (Phi) is 6.72. The fourth-order valence-corrected chi connectivity index (χ4v) is 5.34. The molecule has 6 nitrogen and oxygen atoms in total. The third kappa shape index (κ3) is 4.83. The Morgan fingerprint density at radius 3 is 2.12 bits per heavy atom. The number of benzene rings is 3. The van der Waals surface area contributed by atoms with Crippen molar-refractivity contribution in [1.29, 1.82) is 0 Å². The van der Waals surface area contributed by atoms with Gasteiger partial charge in [-0.3, -0.25) is 14.9 Å². The summed E-state index contributed by atoms with van der Waals surface area (Å²) in [5, 5.41) is 2.37. The monoisotopic (exact) mass is 490 g/mol. The molecule has 0 atom stereocenters. The van der Waals surface area contributed by atoms with Crippen LogP contribution in [0, 0.1) is 0 Å². The third-order valence-electron chi connectivity index (χ3n) is 5.18. The van der Waals surface area contributed by atoms with E-state index in [9.17, 15) is 18.0 Å². The molecule has 8 heteroatoms. The van der Waals surface area contributed by atoms with E-state index < -0.39 is 21.0 Å². The van der Waals surface area contributed by atoms with Crippen LogP contribution in [0.2, 0.25) is 0 Å². The highest BCUT2D eigenvalue weighted by Crippen LogP contribution is 2.33. The molecule has 3 aromatic carbocycles. The average Bonchev–Trinajstić information content (AvgIpc) is 3.28. The molecule has 1 heterocycles. The van der Waals surface area contributed by atoms with Crippen LogP contribution in [-0.2, 0) is 9.84 Å². The Labute approximate surface area is 202 Å². The van der Waals surface area contributed by atoms with Crippen LogP contribution >= 0.6 is 11.3 Å². The normalized spacial score (nSPS) is 11.4. The Morgan fingerprint density at radius 1 is 0.853 bits per heavy atom. The van der Waals surface area contributed by atoms with Gasteiger partial charge >= 0.3 is 0 Å². The quantitative estimate of drug-likeness (QED) is 0.347. The number of nitrogens with zero attached hydrogens (tertiary/aromatic N) is 1. The summed E-state index contributed by atoms with van der Waals surface area (Å²) in [6.45, 7) is 3.18. The first-order valence-electron chi connectivity index (χ1n) is 10.6. The number of anilines is 1. The lowest BCUT2D eigenvalue weighted by molar-refractivity contribution is 0.102. The van der Waals surface area contributed by atoms with Gasteiger partial charge in [0.2, 0.25) is 5.78 Å². The first-order valence-corrected chi connectivity index (χ1v) is 12.9. The molecule has 0 fully saturated rings. The number of nitrogens with one attached hydrogen (secondary N) is 1. The summed E-state index contributed by atoms with van der Waals surface area (Å²) in [4.78, 5) is 31.2. The number of hydrogen-bond acceptors (Lipinski definition) is 6. The van der Waals surface area contributed by atoms with Crippen LogP contribution in [0.5, 0.6) is 0 Å². The molecule has 0 saturated carbocycles. The van der Waals surface area contributed by atoms with Crippen LogP contribution in [0.25, 0.3) is 11.3 Å². The molecule has 0 spiro atoms. The molecule has 34 heavy (non-hydrogen) atoms. The second-order valence-electron chi connectivity index (χ2n) is 7.83. The van der Waals surface area contributed by atoms with E-state index in [1.165, 1.54) is 24.3 Å². The van der Waals surface area contributed by atoms with Crippen molar-refractivity contribution in [3.63, 3.8) is 0 Å². The lowest BCUT2D eigenvalue weighted by Crippen LogP contribution is -2.16. The van der Waals surface area contributed by atoms with Crippen molar-refractivity contribution < 1.29 is 18.0 Å². The lowest BCUT2D eigenvalue weighted by atomic mass is 10.1. The smallest absolute Gasteiger partial charge is 0.257 e. The minimum atomic E-state index is -3.52. The van der Waals surface area contributed by atoms with Crippen LogP contribution in [0.15, 0.2) is 89.8 Å². The number of sulfone groups is 1. The molecule has 4 aromatic rings. The first kappa shape index (κ1) is 23.5. The van der Waals surface area contributed by atoms with Crippen molar-refractivity contribution in [1.82, 2.24) is 4.98 Å². The van der Waals surface area contributed by atoms with E-state index in [0.29, 0.717) is 16.1 Å². The van der Waals surface area contributed by atoms with E-state index in [1.807, 2.05) is 36.4 Å². The standard InChI is InChI=1S/C26H22N2O4S2/c1-17(2)34(31,32)21-15-9-14-20(16-21)25(30)28-26-27-22(18-10-5-3-6-11-18)24(33-26)23(29)19-12-7-4-8-13-19/h3-17H,1-2H3,(H,27,28,30). The lowest BCUT2D eigenvalue weighted by Gasteiger charge is -2.09. The van der Waals surface area contributed by atoms with Gasteiger partial charge in [0.25, 0.3) is 5.91 Å². The molecule has 0 saturated heterocycles. The van der Waals surface area contributed by atoms with Crippen molar-refractivity contribution in [3.8, 4) is 11.3 Å². The zero-order valence-corrected chi connectivity index (χ0v) is 20.2. The molecular formula is C26H22N2O4S2. The fraction of sp³-hybridized carbons (Fsp3) is 0.115. The molecule has 1 aromatic heterocycles. The van der Waals surface area contributed by atoms with Gasteiger partial charge in [-0.15, -0.1) is 0 Å². The zero-order valence-electron chi connectivity index (χ0n) is 18.6. The highest BCUT2D eigenvalue weighted by atomic mass is 32.2. The Bertz CT molecular complexity index is 1440. The molecule has 172 valence electrons. The second kappa shape index (κ2) is 9.70. The summed E-state index contributed by atoms with van der Waals surface area (Å²) in [7, 11) is -3.52. The Hall–Kier alpha value is -3.62. The molecular weight excluding hydrogens is 468 g/mol. The van der Waals surface area contributed by atoms with Gasteiger partial charge in [-0.2, -0.15) is 0 Å². The van der Waals surface area contributed by atoms with Crippen molar-refractivity contribution in [2.75, 3.05) is 5.32 Å². The predicted molar refractivity (Wildman–Crippen MR) is 134 cm³/mol. The maximum absolute atomic E-state index is 13.2. The van der Waals surface area contributed by atoms with Gasteiger partial charge in [-0.1, -0.05) is 78.1 Å². The zero-order chi connectivity index (χ0) is 24.3. The minimum absolute atomic E-state index is 0.0826. The summed E-state index contributed by atoms with van der Waals surface area (Å²) < 4.78 is 25.0. The van der Waals surface area contributed by atoms with Crippen LogP contribution in [0.4, 0.5) is 5.13 Å². The van der Waals surface area contributed by atoms with Gasteiger partial charge in [0, 0.05) is 16.7 Å². The fourth-order valence-electron chi connectivity index (χ4n) is 3.30. The van der Waals surface area contributed by atoms with E-state index in [0.717, 1.165) is 16.9 Å². The molecule has 0 bridgehead atoms. The molecule has 4 rings (SSSR count). The van der Waals surface area contributed by atoms with E-state index in [4.69, 9.17) is 0 Å². The number of rotatable bonds is 7. The number of thiazole rings is 1. The third-order valence-corrected chi connectivity index (χ3v) is 8.30. The first-order chi connectivity index (χ1) is 16.3. The van der Waals surface area contributed by atoms with Crippen LogP contribution < -0.4 is 5.32 Å². The second-order valence-corrected chi connectivity index (χ2v) is 11.3. The van der Waals surface area contributed by atoms with Gasteiger partial charge < -0.3 is 0 Å². The molecule has 1 N–H and O–H groups in total. The summed E-state index contributed by atoms with van der Waals surface area (Å²) in [6.07, 6.45) is 0. The van der Waals surface area contributed by atoms with Gasteiger partial charge in [0.1, 0.15) is 4.88 Å². The summed E-state index contributed by atoms with van der Waals surface area (Å²) in [6, 6.07) is 24.0. The maximum atomic E-state index is 13.2. The van der Waals surface area contributed by atoms with Crippen LogP contribution in [-0.4, -0.2) is 30.3 Å². The SMILES string of the molecule is CC(C)S(=O)(=O)c1cccc(C(=O)Nc2nc(-c3ccccc3)c(C(=O)c3ccccc3)s2)c1. The van der Waals surface area contributed by atoms with Crippen molar-refractivity contribution in [2.24, 2.45) is 0 Å². The topological polar surface area (TPSA) is 93.2 Å². The molecule has 1 amide bonds. The molecule has 0 unspecified atom stereocenters. The molecule has 0 aliphatic rings. The average molecular weight is 491 g/mol. The van der Waals surface area contributed by atoms with Gasteiger partial charge in [-0.05, 0) is 32.0 Å². The summed E-state index contributed by atoms with van der Waals surface area (Å²) in [5.74, 6) is -0.699. The Morgan fingerprint density at radius 2 is 1.47 bits per heavy atom. The predicted octanol–water partition coefficient (Wildman–Crippen LogP) is 5.48. The van der Waals surface area contributed by atoms with E-state index in [1.54, 1.807) is 38.1 Å². The highest BCUT2D eigenvalue weighted by Gasteiger charge is 2.23. The number of carbonyl (C=O) groups is 2. The van der Waals surface area contributed by atoms with Crippen molar-refractivity contribution in [2.45, 2.75) is 24.0 Å². The minimum Gasteiger partial charge on any atom is -0.298 e. The number of carbonyl (C=O) groups excluding carboxylic acids is 2. The Balaban J connectivity index is 1.69. The van der Waals surface area contributed by atoms with Gasteiger partial charge in [-0.25, -0.2) is 13.4 Å². The van der Waals surface area contributed by atoms with Gasteiger partial charge in [0.05, 0.1) is 15.8 Å². The van der Waals surface area contributed by atoms with Crippen molar-refractivity contribution in [3.05, 3.63) is 101 Å². The molecule has 0 aliphatic carbocycles. The highest BCUT2D eigenvalue weighted by molar-refractivity contribution is 7.92. The number of aromatic nitrogens is 1. The van der Waals surface area contributed by atoms with Crippen LogP contribution in [0.3, 0.4) is 0 Å². The molecule has 0 aliphatic heterocycles. The summed E-state index contributed by atoms with van der Waals surface area (Å²) >= 11 is 1.08. The van der Waals surface area contributed by atoms with Crippen molar-refractivity contribution >= 4 is 38.0 Å². The maximum Gasteiger partial charge on any atom is 0.257 e. The van der Waals surface area contributed by atoms with E-state index >= 15 is 0 Å². The number of amides is 1. The molecule has 0 radical (unpaired) electrons. The largest absolute Gasteiger partial charge is 0.298 e. The number of hydrogen-bond donors (Lipinski definition) is 1. The van der Waals surface area contributed by atoms with Gasteiger partial charge in [0.15, 0.2) is 15.0 Å².